The molecule has 1 aromatic heterocycles. The molecule has 0 saturated carbocycles. The molecule has 3 N–H and O–H groups in total. The summed E-state index contributed by atoms with van der Waals surface area (Å²) in [6.07, 6.45) is 0. The molecule has 0 aliphatic carbocycles. The van der Waals surface area contributed by atoms with E-state index in [9.17, 15) is 4.79 Å². The smallest absolute Gasteiger partial charge is 0.328 e. The second-order valence-corrected chi connectivity index (χ2v) is 3.84. The molecule has 0 radical (unpaired) electrons. The van der Waals surface area contributed by atoms with E-state index in [2.05, 4.69) is 9.72 Å². The number of carbonyl (C=O) groups is 1. The number of rotatable bonds is 2. The van der Waals surface area contributed by atoms with Crippen LogP contribution in [0.25, 0.3) is 10.9 Å². The molecule has 4 nitrogen and oxygen atoms in total. The number of hydrogen-bond donors (Lipinski definition) is 2. The normalized spacial score (nSPS) is 12.7. The largest absolute Gasteiger partial charge is 0.468 e. The van der Waals surface area contributed by atoms with Gasteiger partial charge in [0, 0.05) is 11.1 Å². The minimum Gasteiger partial charge on any atom is -0.468 e. The van der Waals surface area contributed by atoms with Gasteiger partial charge in [-0.3, -0.25) is 0 Å². The van der Waals surface area contributed by atoms with E-state index in [1.807, 2.05) is 12.1 Å². The van der Waals surface area contributed by atoms with Crippen LogP contribution in [0.5, 0.6) is 0 Å². The average molecular weight is 239 g/mol. The number of para-hydroxylation sites is 1. The molecule has 1 atom stereocenters. The van der Waals surface area contributed by atoms with Crippen molar-refractivity contribution in [2.75, 3.05) is 7.11 Å². The predicted molar refractivity (Wildman–Crippen MR) is 62.3 cm³/mol. The van der Waals surface area contributed by atoms with E-state index in [-0.39, 0.29) is 0 Å². The second-order valence-electron chi connectivity index (χ2n) is 3.43. The summed E-state index contributed by atoms with van der Waals surface area (Å²) in [5.74, 6) is -0.484. The first-order valence-electron chi connectivity index (χ1n) is 4.74. The van der Waals surface area contributed by atoms with Gasteiger partial charge in [-0.05, 0) is 12.1 Å². The van der Waals surface area contributed by atoms with E-state index < -0.39 is 12.0 Å². The van der Waals surface area contributed by atoms with Crippen LogP contribution in [0.3, 0.4) is 0 Å². The lowest BCUT2D eigenvalue weighted by atomic mass is 10.2. The second kappa shape index (κ2) is 4.15. The van der Waals surface area contributed by atoms with E-state index >= 15 is 0 Å². The number of aromatic nitrogens is 1. The van der Waals surface area contributed by atoms with Crippen LogP contribution >= 0.6 is 11.6 Å². The van der Waals surface area contributed by atoms with Gasteiger partial charge in [0.15, 0.2) is 0 Å². The standard InChI is InChI=1S/C11H11ClN2O2/c1-16-11(15)9(13)8-5-6-3-2-4-7(12)10(6)14-8/h2-5,9,14H,13H2,1H3. The van der Waals surface area contributed by atoms with Gasteiger partial charge in [0.2, 0.25) is 0 Å². The number of fused-ring (bicyclic) bond motifs is 1. The van der Waals surface area contributed by atoms with E-state index in [0.717, 1.165) is 10.9 Å². The molecule has 5 heteroatoms. The summed E-state index contributed by atoms with van der Waals surface area (Å²) >= 11 is 6.00. The van der Waals surface area contributed by atoms with Crippen molar-refractivity contribution in [3.8, 4) is 0 Å². The Morgan fingerprint density at radius 2 is 2.31 bits per heavy atom. The van der Waals surface area contributed by atoms with Gasteiger partial charge in [-0.2, -0.15) is 0 Å². The van der Waals surface area contributed by atoms with Crippen molar-refractivity contribution in [2.24, 2.45) is 5.73 Å². The van der Waals surface area contributed by atoms with Crippen molar-refractivity contribution >= 4 is 28.5 Å². The highest BCUT2D eigenvalue weighted by molar-refractivity contribution is 6.35. The highest BCUT2D eigenvalue weighted by Gasteiger charge is 2.18. The van der Waals surface area contributed by atoms with Crippen LogP contribution < -0.4 is 5.73 Å². The summed E-state index contributed by atoms with van der Waals surface area (Å²) in [5, 5.41) is 1.52. The molecular weight excluding hydrogens is 228 g/mol. The van der Waals surface area contributed by atoms with Gasteiger partial charge >= 0.3 is 5.97 Å². The summed E-state index contributed by atoms with van der Waals surface area (Å²) < 4.78 is 4.58. The van der Waals surface area contributed by atoms with Crippen LogP contribution in [0.2, 0.25) is 5.02 Å². The highest BCUT2D eigenvalue weighted by atomic mass is 35.5. The first-order chi connectivity index (χ1) is 7.63. The van der Waals surface area contributed by atoms with Crippen LogP contribution in [0.15, 0.2) is 24.3 Å². The molecule has 0 amide bonds. The van der Waals surface area contributed by atoms with Crippen molar-refractivity contribution in [2.45, 2.75) is 6.04 Å². The molecule has 0 saturated heterocycles. The first kappa shape index (κ1) is 11.0. The van der Waals surface area contributed by atoms with Crippen LogP contribution in [0, 0.1) is 0 Å². The Kier molecular flexibility index (Phi) is 2.85. The first-order valence-corrected chi connectivity index (χ1v) is 5.12. The lowest BCUT2D eigenvalue weighted by Gasteiger charge is -2.05. The topological polar surface area (TPSA) is 68.1 Å². The summed E-state index contributed by atoms with van der Waals surface area (Å²) in [4.78, 5) is 14.3. The average Bonchev–Trinajstić information content (AvgIpc) is 2.72. The van der Waals surface area contributed by atoms with Crippen molar-refractivity contribution in [1.82, 2.24) is 4.98 Å². The van der Waals surface area contributed by atoms with Crippen molar-refractivity contribution < 1.29 is 9.53 Å². The van der Waals surface area contributed by atoms with E-state index in [1.165, 1.54) is 7.11 Å². The number of nitrogens with two attached hydrogens (primary N) is 1. The number of nitrogens with one attached hydrogen (secondary N) is 1. The Balaban J connectivity index is 2.47. The number of methoxy groups -OCH3 is 1. The minimum absolute atomic E-state index is 0.484. The molecule has 1 unspecified atom stereocenters. The molecule has 0 spiro atoms. The number of H-pyrrole nitrogens is 1. The van der Waals surface area contributed by atoms with Gasteiger partial charge in [0.1, 0.15) is 6.04 Å². The molecular formula is C11H11ClN2O2. The SMILES string of the molecule is COC(=O)C(N)c1cc2cccc(Cl)c2[nH]1. The fourth-order valence-corrected chi connectivity index (χ4v) is 1.79. The molecule has 84 valence electrons. The van der Waals surface area contributed by atoms with Crippen LogP contribution in [0.4, 0.5) is 0 Å². The summed E-state index contributed by atoms with van der Waals surface area (Å²) in [5.41, 5.74) is 7.08. The summed E-state index contributed by atoms with van der Waals surface area (Å²) in [6.45, 7) is 0. The maximum Gasteiger partial charge on any atom is 0.328 e. The Bertz CT molecular complexity index is 536. The van der Waals surface area contributed by atoms with Crippen molar-refractivity contribution in [3.63, 3.8) is 0 Å². The molecule has 0 aliphatic heterocycles. The fraction of sp³-hybridized carbons (Fsp3) is 0.182. The van der Waals surface area contributed by atoms with Gasteiger partial charge in [0.25, 0.3) is 0 Å². The van der Waals surface area contributed by atoms with Gasteiger partial charge in [-0.1, -0.05) is 23.7 Å². The third kappa shape index (κ3) is 1.77. The Labute approximate surface area is 97.3 Å². The number of aromatic amines is 1. The molecule has 0 aliphatic rings. The maximum atomic E-state index is 11.3. The third-order valence-electron chi connectivity index (χ3n) is 2.42. The number of carbonyl (C=O) groups excluding carboxylic acids is 1. The molecule has 0 bridgehead atoms. The number of benzene rings is 1. The molecule has 1 heterocycles. The fourth-order valence-electron chi connectivity index (χ4n) is 1.56. The molecule has 16 heavy (non-hydrogen) atoms. The molecule has 1 aromatic carbocycles. The van der Waals surface area contributed by atoms with Crippen molar-refractivity contribution in [1.29, 1.82) is 0 Å². The van der Waals surface area contributed by atoms with Crippen LogP contribution in [-0.2, 0) is 9.53 Å². The maximum absolute atomic E-state index is 11.3. The summed E-state index contributed by atoms with van der Waals surface area (Å²) in [6, 6.07) is 6.49. The van der Waals surface area contributed by atoms with Gasteiger partial charge < -0.3 is 15.5 Å². The van der Waals surface area contributed by atoms with E-state index in [1.54, 1.807) is 12.1 Å². The number of halogens is 1. The third-order valence-corrected chi connectivity index (χ3v) is 2.73. The summed E-state index contributed by atoms with van der Waals surface area (Å²) in [7, 11) is 1.30. The molecule has 0 fully saturated rings. The zero-order valence-electron chi connectivity index (χ0n) is 8.66. The predicted octanol–water partition coefficient (Wildman–Crippen LogP) is 1.99. The van der Waals surface area contributed by atoms with Crippen LogP contribution in [0.1, 0.15) is 11.7 Å². The van der Waals surface area contributed by atoms with Crippen LogP contribution in [-0.4, -0.2) is 18.1 Å². The zero-order valence-corrected chi connectivity index (χ0v) is 9.41. The number of ether oxygens (including phenoxy) is 1. The minimum atomic E-state index is -0.812. The van der Waals surface area contributed by atoms with E-state index in [4.69, 9.17) is 17.3 Å². The lowest BCUT2D eigenvalue weighted by molar-refractivity contribution is -0.142. The van der Waals surface area contributed by atoms with Crippen molar-refractivity contribution in [3.05, 3.63) is 35.0 Å². The number of esters is 1. The lowest BCUT2D eigenvalue weighted by Crippen LogP contribution is -2.22. The Hall–Kier alpha value is -1.52. The van der Waals surface area contributed by atoms with Gasteiger partial charge in [0.05, 0.1) is 17.6 Å². The van der Waals surface area contributed by atoms with E-state index in [0.29, 0.717) is 10.7 Å². The molecule has 2 rings (SSSR count). The van der Waals surface area contributed by atoms with Gasteiger partial charge in [-0.15, -0.1) is 0 Å². The Morgan fingerprint density at radius 3 is 2.94 bits per heavy atom. The zero-order chi connectivity index (χ0) is 11.7. The molecule has 2 aromatic rings. The quantitative estimate of drug-likeness (QED) is 0.787. The number of hydrogen-bond acceptors (Lipinski definition) is 3. The Morgan fingerprint density at radius 1 is 1.56 bits per heavy atom. The highest BCUT2D eigenvalue weighted by Crippen LogP contribution is 2.25. The monoisotopic (exact) mass is 238 g/mol. The van der Waals surface area contributed by atoms with Gasteiger partial charge in [-0.25, -0.2) is 4.79 Å².